The highest BCUT2D eigenvalue weighted by atomic mass is 32.1. The smallest absolute Gasteiger partial charge is 0.201 e. The van der Waals surface area contributed by atoms with E-state index in [2.05, 4.69) is 17.1 Å². The quantitative estimate of drug-likeness (QED) is 0.763. The summed E-state index contributed by atoms with van der Waals surface area (Å²) in [5.74, 6) is 0. The molecule has 3 nitrogen and oxygen atoms in total. The predicted molar refractivity (Wildman–Crippen MR) is 68.1 cm³/mol. The monoisotopic (exact) mass is 249 g/mol. The highest BCUT2D eigenvalue weighted by Crippen LogP contribution is 2.21. The lowest BCUT2D eigenvalue weighted by atomic mass is 10.2. The molecule has 90 valence electrons. The SMILES string of the molecule is COC(OC)c1csc(Cc2ccccc2)n1. The van der Waals surface area contributed by atoms with E-state index >= 15 is 0 Å². The summed E-state index contributed by atoms with van der Waals surface area (Å²) in [6.45, 7) is 0. The van der Waals surface area contributed by atoms with Gasteiger partial charge in [-0.25, -0.2) is 4.98 Å². The van der Waals surface area contributed by atoms with E-state index < -0.39 is 0 Å². The van der Waals surface area contributed by atoms with Gasteiger partial charge in [0.25, 0.3) is 0 Å². The van der Waals surface area contributed by atoms with Gasteiger partial charge in [-0.1, -0.05) is 30.3 Å². The van der Waals surface area contributed by atoms with Crippen LogP contribution in [0.1, 0.15) is 22.6 Å². The maximum Gasteiger partial charge on any atom is 0.201 e. The van der Waals surface area contributed by atoms with Gasteiger partial charge in [-0.05, 0) is 5.56 Å². The third kappa shape index (κ3) is 3.12. The third-order valence-electron chi connectivity index (χ3n) is 2.44. The van der Waals surface area contributed by atoms with E-state index in [1.54, 1.807) is 25.6 Å². The summed E-state index contributed by atoms with van der Waals surface area (Å²) in [5.41, 5.74) is 2.10. The van der Waals surface area contributed by atoms with Crippen LogP contribution in [0.4, 0.5) is 0 Å². The Kier molecular flexibility index (Phi) is 4.25. The van der Waals surface area contributed by atoms with Crippen LogP contribution in [0, 0.1) is 0 Å². The van der Waals surface area contributed by atoms with E-state index in [1.165, 1.54) is 5.56 Å². The maximum atomic E-state index is 5.17. The van der Waals surface area contributed by atoms with E-state index in [1.807, 2.05) is 23.6 Å². The molecule has 2 aromatic rings. The molecule has 2 rings (SSSR count). The summed E-state index contributed by atoms with van der Waals surface area (Å²) in [4.78, 5) is 4.52. The minimum Gasteiger partial charge on any atom is -0.350 e. The largest absolute Gasteiger partial charge is 0.350 e. The summed E-state index contributed by atoms with van der Waals surface area (Å²) in [6, 6.07) is 10.3. The van der Waals surface area contributed by atoms with E-state index in [9.17, 15) is 0 Å². The fraction of sp³-hybridized carbons (Fsp3) is 0.308. The Morgan fingerprint density at radius 2 is 1.88 bits per heavy atom. The molecule has 0 spiro atoms. The van der Waals surface area contributed by atoms with Crippen molar-refractivity contribution in [3.05, 3.63) is 52.0 Å². The van der Waals surface area contributed by atoms with Gasteiger partial charge >= 0.3 is 0 Å². The second-order valence-electron chi connectivity index (χ2n) is 3.63. The first kappa shape index (κ1) is 12.2. The van der Waals surface area contributed by atoms with Crippen molar-refractivity contribution in [1.82, 2.24) is 4.98 Å². The molecule has 17 heavy (non-hydrogen) atoms. The summed E-state index contributed by atoms with van der Waals surface area (Å²) < 4.78 is 10.3. The molecule has 1 aromatic heterocycles. The van der Waals surface area contributed by atoms with E-state index in [0.717, 1.165) is 17.1 Å². The molecular formula is C13H15NO2S. The molecule has 0 aliphatic heterocycles. The number of rotatable bonds is 5. The van der Waals surface area contributed by atoms with Gasteiger partial charge in [0.05, 0.1) is 5.01 Å². The van der Waals surface area contributed by atoms with Crippen molar-refractivity contribution in [2.45, 2.75) is 12.7 Å². The van der Waals surface area contributed by atoms with E-state index in [0.29, 0.717) is 0 Å². The minimum absolute atomic E-state index is 0.365. The van der Waals surface area contributed by atoms with Gasteiger partial charge in [-0.2, -0.15) is 0 Å². The lowest BCUT2D eigenvalue weighted by Crippen LogP contribution is -2.04. The average molecular weight is 249 g/mol. The van der Waals surface area contributed by atoms with Crippen LogP contribution in [0.25, 0.3) is 0 Å². The number of benzene rings is 1. The second kappa shape index (κ2) is 5.91. The molecule has 0 unspecified atom stereocenters. The fourth-order valence-corrected chi connectivity index (χ4v) is 2.45. The van der Waals surface area contributed by atoms with Crippen molar-refractivity contribution in [2.75, 3.05) is 14.2 Å². The summed E-state index contributed by atoms with van der Waals surface area (Å²) in [7, 11) is 3.23. The number of aromatic nitrogens is 1. The summed E-state index contributed by atoms with van der Waals surface area (Å²) >= 11 is 1.63. The Labute approximate surface area is 105 Å². The van der Waals surface area contributed by atoms with Gasteiger partial charge in [0.1, 0.15) is 5.69 Å². The molecule has 0 aliphatic rings. The molecule has 0 saturated carbocycles. The van der Waals surface area contributed by atoms with Crippen LogP contribution < -0.4 is 0 Å². The fourth-order valence-electron chi connectivity index (χ4n) is 1.62. The van der Waals surface area contributed by atoms with E-state index in [-0.39, 0.29) is 6.29 Å². The molecule has 0 aliphatic carbocycles. The van der Waals surface area contributed by atoms with Gasteiger partial charge in [0.2, 0.25) is 6.29 Å². The molecule has 0 N–H and O–H groups in total. The van der Waals surface area contributed by atoms with Crippen molar-refractivity contribution < 1.29 is 9.47 Å². The van der Waals surface area contributed by atoms with Crippen LogP contribution >= 0.6 is 11.3 Å². The molecule has 0 amide bonds. The van der Waals surface area contributed by atoms with Crippen LogP contribution in [0.15, 0.2) is 35.7 Å². The van der Waals surface area contributed by atoms with E-state index in [4.69, 9.17) is 9.47 Å². The lowest BCUT2D eigenvalue weighted by Gasteiger charge is -2.09. The Hall–Kier alpha value is -1.23. The highest BCUT2D eigenvalue weighted by Gasteiger charge is 2.13. The number of methoxy groups -OCH3 is 2. The zero-order valence-electron chi connectivity index (χ0n) is 9.92. The van der Waals surface area contributed by atoms with Crippen molar-refractivity contribution in [3.8, 4) is 0 Å². The van der Waals surface area contributed by atoms with Crippen LogP contribution in [0.5, 0.6) is 0 Å². The lowest BCUT2D eigenvalue weighted by molar-refractivity contribution is -0.108. The molecule has 0 fully saturated rings. The zero-order chi connectivity index (χ0) is 12.1. The van der Waals surface area contributed by atoms with Crippen molar-refractivity contribution in [3.63, 3.8) is 0 Å². The normalized spacial score (nSPS) is 11.0. The molecular weight excluding hydrogens is 234 g/mol. The average Bonchev–Trinajstić information content (AvgIpc) is 2.81. The number of nitrogens with zero attached hydrogens (tertiary/aromatic N) is 1. The Bertz CT molecular complexity index is 451. The Balaban J connectivity index is 2.08. The van der Waals surface area contributed by atoms with Crippen molar-refractivity contribution in [1.29, 1.82) is 0 Å². The number of thiazole rings is 1. The Morgan fingerprint density at radius 1 is 1.18 bits per heavy atom. The topological polar surface area (TPSA) is 31.4 Å². The number of ether oxygens (including phenoxy) is 2. The van der Waals surface area contributed by atoms with Gasteiger partial charge < -0.3 is 9.47 Å². The summed E-state index contributed by atoms with van der Waals surface area (Å²) in [5, 5.41) is 3.06. The van der Waals surface area contributed by atoms with Crippen molar-refractivity contribution in [2.24, 2.45) is 0 Å². The zero-order valence-corrected chi connectivity index (χ0v) is 10.7. The van der Waals surface area contributed by atoms with Crippen LogP contribution in [-0.4, -0.2) is 19.2 Å². The van der Waals surface area contributed by atoms with Gasteiger partial charge in [0, 0.05) is 26.0 Å². The highest BCUT2D eigenvalue weighted by molar-refractivity contribution is 7.09. The second-order valence-corrected chi connectivity index (χ2v) is 4.57. The number of hydrogen-bond donors (Lipinski definition) is 0. The first-order valence-corrected chi connectivity index (χ1v) is 6.25. The molecule has 0 saturated heterocycles. The molecule has 0 atom stereocenters. The molecule has 1 aromatic carbocycles. The van der Waals surface area contributed by atoms with Crippen LogP contribution in [0.3, 0.4) is 0 Å². The Morgan fingerprint density at radius 3 is 2.53 bits per heavy atom. The predicted octanol–water partition coefficient (Wildman–Crippen LogP) is 3.03. The summed E-state index contributed by atoms with van der Waals surface area (Å²) in [6.07, 6.45) is 0.488. The third-order valence-corrected chi connectivity index (χ3v) is 3.30. The van der Waals surface area contributed by atoms with Crippen molar-refractivity contribution >= 4 is 11.3 Å². The van der Waals surface area contributed by atoms with Crippen LogP contribution in [-0.2, 0) is 15.9 Å². The first-order valence-electron chi connectivity index (χ1n) is 5.37. The number of hydrogen-bond acceptors (Lipinski definition) is 4. The van der Waals surface area contributed by atoms with Gasteiger partial charge in [0.15, 0.2) is 0 Å². The molecule has 0 bridgehead atoms. The molecule has 0 radical (unpaired) electrons. The standard InChI is InChI=1S/C13H15NO2S/c1-15-13(16-2)11-9-17-12(14-11)8-10-6-4-3-5-7-10/h3-7,9,13H,8H2,1-2H3. The van der Waals surface area contributed by atoms with Gasteiger partial charge in [-0.15, -0.1) is 11.3 Å². The maximum absolute atomic E-state index is 5.17. The first-order chi connectivity index (χ1) is 8.33. The minimum atomic E-state index is -0.365. The molecule has 1 heterocycles. The van der Waals surface area contributed by atoms with Gasteiger partial charge in [-0.3, -0.25) is 0 Å². The van der Waals surface area contributed by atoms with Crippen LogP contribution in [0.2, 0.25) is 0 Å². The molecule has 4 heteroatoms.